The maximum atomic E-state index is 3.96. The second-order valence-corrected chi connectivity index (χ2v) is 7.47. The average molecular weight is 289 g/mol. The number of fused-ring (bicyclic) bond motifs is 1. The smallest absolute Gasteiger partial charge is 0.0417 e. The monoisotopic (exact) mass is 289 g/mol. The Morgan fingerprint density at radius 1 is 1.15 bits per heavy atom. The van der Waals surface area contributed by atoms with Crippen molar-refractivity contribution in [2.75, 3.05) is 5.75 Å². The van der Waals surface area contributed by atoms with Gasteiger partial charge in [0.05, 0.1) is 0 Å². The number of hydrogen-bond donors (Lipinski definition) is 1. The third kappa shape index (κ3) is 3.40. The molecule has 1 N–H and O–H groups in total. The Hall–Kier alpha value is -0.470. The van der Waals surface area contributed by atoms with Crippen LogP contribution in [0.25, 0.3) is 0 Å². The van der Waals surface area contributed by atoms with Gasteiger partial charge in [-0.25, -0.2) is 0 Å². The Kier molecular flexibility index (Phi) is 5.06. The van der Waals surface area contributed by atoms with Crippen molar-refractivity contribution in [1.29, 1.82) is 0 Å². The van der Waals surface area contributed by atoms with Crippen LogP contribution in [0.1, 0.15) is 62.6 Å². The molecule has 0 saturated heterocycles. The van der Waals surface area contributed by atoms with Gasteiger partial charge in [0.1, 0.15) is 0 Å². The van der Waals surface area contributed by atoms with Crippen molar-refractivity contribution in [2.24, 2.45) is 5.92 Å². The fraction of sp³-hybridized carbons (Fsp3) is 0.667. The fourth-order valence-corrected chi connectivity index (χ4v) is 4.94. The first-order chi connectivity index (χ1) is 9.86. The molecule has 1 aliphatic carbocycles. The van der Waals surface area contributed by atoms with E-state index in [4.69, 9.17) is 0 Å². The minimum atomic E-state index is 0.581. The summed E-state index contributed by atoms with van der Waals surface area (Å²) in [6.45, 7) is 2.32. The fourth-order valence-electron chi connectivity index (χ4n) is 3.83. The Morgan fingerprint density at radius 2 is 1.95 bits per heavy atom. The lowest BCUT2D eigenvalue weighted by Gasteiger charge is -2.34. The van der Waals surface area contributed by atoms with Crippen LogP contribution in [0, 0.1) is 5.92 Å². The predicted molar refractivity (Wildman–Crippen MR) is 89.1 cm³/mol. The van der Waals surface area contributed by atoms with Gasteiger partial charge in [-0.2, -0.15) is 11.8 Å². The van der Waals surface area contributed by atoms with Crippen LogP contribution in [0.15, 0.2) is 24.3 Å². The van der Waals surface area contributed by atoms with E-state index in [2.05, 4.69) is 48.3 Å². The lowest BCUT2D eigenvalue weighted by atomic mass is 9.83. The molecule has 1 unspecified atom stereocenters. The zero-order valence-electron chi connectivity index (χ0n) is 12.6. The van der Waals surface area contributed by atoms with Crippen molar-refractivity contribution < 1.29 is 0 Å². The molecule has 1 aromatic carbocycles. The molecule has 0 bridgehead atoms. The molecule has 1 heterocycles. The van der Waals surface area contributed by atoms with Crippen molar-refractivity contribution in [3.05, 3.63) is 35.4 Å². The summed E-state index contributed by atoms with van der Waals surface area (Å²) in [7, 11) is 0. The van der Waals surface area contributed by atoms with Gasteiger partial charge in [-0.05, 0) is 42.7 Å². The first-order valence-corrected chi connectivity index (χ1v) is 9.44. The highest BCUT2D eigenvalue weighted by Crippen LogP contribution is 2.34. The summed E-state index contributed by atoms with van der Waals surface area (Å²) in [6.07, 6.45) is 8.44. The SMILES string of the molecule is CCCC1CCC(NC2CSCc3ccccc32)CC1. The normalized spacial score (nSPS) is 29.9. The molecule has 0 spiro atoms. The van der Waals surface area contributed by atoms with Crippen LogP contribution in [-0.4, -0.2) is 11.8 Å². The van der Waals surface area contributed by atoms with Gasteiger partial charge in [0.15, 0.2) is 0 Å². The summed E-state index contributed by atoms with van der Waals surface area (Å²) in [5.41, 5.74) is 3.10. The summed E-state index contributed by atoms with van der Waals surface area (Å²) in [5.74, 6) is 3.44. The standard InChI is InChI=1S/C18H27NS/c1-2-5-14-8-10-16(11-9-14)19-18-13-20-12-15-6-3-4-7-17(15)18/h3-4,6-7,14,16,18-19H,2,5,8-13H2,1H3. The highest BCUT2D eigenvalue weighted by atomic mass is 32.2. The molecule has 110 valence electrons. The molecule has 3 rings (SSSR count). The van der Waals surface area contributed by atoms with Crippen LogP contribution in [0.5, 0.6) is 0 Å². The average Bonchev–Trinajstić information content (AvgIpc) is 2.50. The van der Waals surface area contributed by atoms with E-state index in [0.717, 1.165) is 12.0 Å². The van der Waals surface area contributed by atoms with Gasteiger partial charge in [0.25, 0.3) is 0 Å². The van der Waals surface area contributed by atoms with E-state index in [1.807, 2.05) is 0 Å². The molecule has 2 aliphatic rings. The van der Waals surface area contributed by atoms with E-state index < -0.39 is 0 Å². The molecule has 1 aromatic rings. The number of nitrogens with one attached hydrogen (secondary N) is 1. The number of rotatable bonds is 4. The zero-order valence-corrected chi connectivity index (χ0v) is 13.4. The van der Waals surface area contributed by atoms with Crippen LogP contribution in [0.4, 0.5) is 0 Å². The molecule has 1 atom stereocenters. The molecule has 1 fully saturated rings. The first-order valence-electron chi connectivity index (χ1n) is 8.28. The van der Waals surface area contributed by atoms with Gasteiger partial charge < -0.3 is 5.32 Å². The highest BCUT2D eigenvalue weighted by molar-refractivity contribution is 7.98. The number of thioether (sulfide) groups is 1. The summed E-state index contributed by atoms with van der Waals surface area (Å²) < 4.78 is 0. The minimum Gasteiger partial charge on any atom is -0.306 e. The van der Waals surface area contributed by atoms with Crippen molar-refractivity contribution in [3.63, 3.8) is 0 Å². The Morgan fingerprint density at radius 3 is 2.75 bits per heavy atom. The second-order valence-electron chi connectivity index (χ2n) is 6.44. The second kappa shape index (κ2) is 7.00. The van der Waals surface area contributed by atoms with Gasteiger partial charge in [-0.3, -0.25) is 0 Å². The molecular weight excluding hydrogens is 262 g/mol. The molecule has 1 aliphatic heterocycles. The Balaban J connectivity index is 1.57. The van der Waals surface area contributed by atoms with Crippen LogP contribution in [0.2, 0.25) is 0 Å². The Bertz CT molecular complexity index is 423. The van der Waals surface area contributed by atoms with Crippen molar-refractivity contribution in [3.8, 4) is 0 Å². The number of hydrogen-bond acceptors (Lipinski definition) is 2. The lowest BCUT2D eigenvalue weighted by Crippen LogP contribution is -2.38. The van der Waals surface area contributed by atoms with Gasteiger partial charge in [0.2, 0.25) is 0 Å². The lowest BCUT2D eigenvalue weighted by molar-refractivity contribution is 0.267. The number of benzene rings is 1. The summed E-state index contributed by atoms with van der Waals surface area (Å²) in [4.78, 5) is 0. The quantitative estimate of drug-likeness (QED) is 0.844. The topological polar surface area (TPSA) is 12.0 Å². The summed E-state index contributed by atoms with van der Waals surface area (Å²) in [6, 6.07) is 10.3. The van der Waals surface area contributed by atoms with Gasteiger partial charge >= 0.3 is 0 Å². The van der Waals surface area contributed by atoms with Gasteiger partial charge in [-0.1, -0.05) is 44.0 Å². The molecule has 0 aromatic heterocycles. The van der Waals surface area contributed by atoms with Crippen LogP contribution in [-0.2, 0) is 5.75 Å². The largest absolute Gasteiger partial charge is 0.306 e. The maximum Gasteiger partial charge on any atom is 0.0417 e. The summed E-state index contributed by atoms with van der Waals surface area (Å²) in [5, 5.41) is 3.96. The summed E-state index contributed by atoms with van der Waals surface area (Å²) >= 11 is 2.08. The predicted octanol–water partition coefficient (Wildman–Crippen LogP) is 4.92. The molecule has 2 heteroatoms. The highest BCUT2D eigenvalue weighted by Gasteiger charge is 2.26. The van der Waals surface area contributed by atoms with E-state index >= 15 is 0 Å². The molecule has 1 nitrogen and oxygen atoms in total. The molecule has 20 heavy (non-hydrogen) atoms. The van der Waals surface area contributed by atoms with Crippen molar-refractivity contribution in [1.82, 2.24) is 5.32 Å². The van der Waals surface area contributed by atoms with Crippen LogP contribution >= 0.6 is 11.8 Å². The zero-order chi connectivity index (χ0) is 13.8. The van der Waals surface area contributed by atoms with Crippen molar-refractivity contribution in [2.45, 2.75) is 63.3 Å². The van der Waals surface area contributed by atoms with E-state index in [0.29, 0.717) is 6.04 Å². The first kappa shape index (κ1) is 14.5. The third-order valence-electron chi connectivity index (χ3n) is 4.95. The third-order valence-corrected chi connectivity index (χ3v) is 6.04. The van der Waals surface area contributed by atoms with Crippen LogP contribution < -0.4 is 5.32 Å². The van der Waals surface area contributed by atoms with Crippen molar-refractivity contribution >= 4 is 11.8 Å². The van der Waals surface area contributed by atoms with Gasteiger partial charge in [0, 0.05) is 23.6 Å². The molecule has 0 radical (unpaired) electrons. The molecule has 1 saturated carbocycles. The van der Waals surface area contributed by atoms with E-state index in [1.54, 1.807) is 11.1 Å². The Labute approximate surface area is 127 Å². The van der Waals surface area contributed by atoms with E-state index in [-0.39, 0.29) is 0 Å². The van der Waals surface area contributed by atoms with E-state index in [9.17, 15) is 0 Å². The maximum absolute atomic E-state index is 3.96. The minimum absolute atomic E-state index is 0.581. The molecular formula is C18H27NS. The van der Waals surface area contributed by atoms with E-state index in [1.165, 1.54) is 50.0 Å². The van der Waals surface area contributed by atoms with Crippen LogP contribution in [0.3, 0.4) is 0 Å². The van der Waals surface area contributed by atoms with Gasteiger partial charge in [-0.15, -0.1) is 0 Å². The molecule has 0 amide bonds.